The number of nitrogens with zero attached hydrogens (tertiary/aromatic N) is 5. The third-order valence-electron chi connectivity index (χ3n) is 7.11. The van der Waals surface area contributed by atoms with Crippen molar-refractivity contribution in [2.75, 3.05) is 48.4 Å². The molecule has 2 aromatic heterocycles. The van der Waals surface area contributed by atoms with E-state index in [0.29, 0.717) is 22.4 Å². The predicted octanol–water partition coefficient (Wildman–Crippen LogP) is 2.96. The lowest BCUT2D eigenvalue weighted by molar-refractivity contribution is 0.0976. The van der Waals surface area contributed by atoms with Crippen LogP contribution in [0.15, 0.2) is 34.4 Å². The summed E-state index contributed by atoms with van der Waals surface area (Å²) in [5.74, 6) is 2.18. The minimum Gasteiger partial charge on any atom is -0.394 e. The molecule has 3 fully saturated rings. The third kappa shape index (κ3) is 4.25. The fourth-order valence-corrected chi connectivity index (χ4v) is 6.18. The van der Waals surface area contributed by atoms with Gasteiger partial charge >= 0.3 is 0 Å². The first-order chi connectivity index (χ1) is 15.6. The van der Waals surface area contributed by atoms with E-state index in [1.807, 2.05) is 18.3 Å². The zero-order valence-electron chi connectivity index (χ0n) is 18.6. The molecule has 8 nitrogen and oxygen atoms in total. The maximum atomic E-state index is 9.73. The summed E-state index contributed by atoms with van der Waals surface area (Å²) in [7, 11) is 0. The number of anilines is 3. The van der Waals surface area contributed by atoms with Crippen LogP contribution in [0.25, 0.3) is 0 Å². The van der Waals surface area contributed by atoms with Gasteiger partial charge in [0.1, 0.15) is 16.7 Å². The zero-order chi connectivity index (χ0) is 22.1. The van der Waals surface area contributed by atoms with Gasteiger partial charge in [-0.05, 0) is 56.6 Å². The predicted molar refractivity (Wildman–Crippen MR) is 126 cm³/mol. The monoisotopic (exact) mass is 456 g/mol. The van der Waals surface area contributed by atoms with Gasteiger partial charge in [-0.3, -0.25) is 0 Å². The molecular formula is C23H32N6O2S. The quantitative estimate of drug-likeness (QED) is 0.703. The van der Waals surface area contributed by atoms with Gasteiger partial charge in [0.25, 0.3) is 0 Å². The minimum atomic E-state index is 0.116. The molecule has 0 aliphatic carbocycles. The van der Waals surface area contributed by atoms with E-state index >= 15 is 0 Å². The maximum absolute atomic E-state index is 9.73. The number of aliphatic hydroxyl groups excluding tert-OH is 1. The van der Waals surface area contributed by atoms with Crippen LogP contribution in [0, 0.1) is 5.41 Å². The number of ether oxygens (including phenoxy) is 1. The van der Waals surface area contributed by atoms with E-state index in [1.54, 1.807) is 6.20 Å². The molecule has 3 N–H and O–H groups in total. The standard InChI is InChI=1S/C23H32N6O2S/c1-16-12-23(15-31-16)6-10-28(11-7-23)19-13-26-22(20(24)27-19)32-18-5-2-8-25-21(18)29-9-3-4-17(29)14-30/h2,5,8,13,16-17,30H,3-4,6-7,9-12,14-15H2,1H3,(H2,24,27)/t16-,17?/m0/s1. The summed E-state index contributed by atoms with van der Waals surface area (Å²) in [5, 5.41) is 10.4. The molecule has 5 heterocycles. The Morgan fingerprint density at radius 3 is 2.84 bits per heavy atom. The van der Waals surface area contributed by atoms with Crippen molar-refractivity contribution in [3.8, 4) is 0 Å². The molecule has 0 aromatic carbocycles. The van der Waals surface area contributed by atoms with Crippen molar-refractivity contribution >= 4 is 29.2 Å². The van der Waals surface area contributed by atoms with Crippen molar-refractivity contribution in [3.05, 3.63) is 24.5 Å². The van der Waals surface area contributed by atoms with E-state index in [4.69, 9.17) is 15.5 Å². The Bertz CT molecular complexity index is 952. The van der Waals surface area contributed by atoms with Gasteiger partial charge in [-0.25, -0.2) is 15.0 Å². The molecule has 32 heavy (non-hydrogen) atoms. The Balaban J connectivity index is 1.29. The molecule has 1 spiro atoms. The SMILES string of the molecule is C[C@H]1CC2(CCN(c3cnc(Sc4cccnc4N4CCCC4CO)c(N)n3)CC2)CO1. The molecule has 3 aliphatic rings. The molecule has 172 valence electrons. The van der Waals surface area contributed by atoms with E-state index in [0.717, 1.165) is 74.9 Å². The highest BCUT2D eigenvalue weighted by Gasteiger charge is 2.41. The van der Waals surface area contributed by atoms with Gasteiger partial charge in [-0.2, -0.15) is 0 Å². The molecule has 0 amide bonds. The summed E-state index contributed by atoms with van der Waals surface area (Å²) in [4.78, 5) is 19.4. The molecule has 0 radical (unpaired) electrons. The lowest BCUT2D eigenvalue weighted by Crippen LogP contribution is -2.41. The summed E-state index contributed by atoms with van der Waals surface area (Å²) < 4.78 is 5.85. The van der Waals surface area contributed by atoms with Gasteiger partial charge in [0.05, 0.1) is 36.5 Å². The lowest BCUT2D eigenvalue weighted by Gasteiger charge is -2.38. The van der Waals surface area contributed by atoms with Crippen LogP contribution in [0.2, 0.25) is 0 Å². The highest BCUT2D eigenvalue weighted by Crippen LogP contribution is 2.43. The summed E-state index contributed by atoms with van der Waals surface area (Å²) >= 11 is 1.49. The number of hydrogen-bond acceptors (Lipinski definition) is 9. The van der Waals surface area contributed by atoms with Gasteiger partial charge in [0.2, 0.25) is 0 Å². The Morgan fingerprint density at radius 1 is 1.28 bits per heavy atom. The molecule has 0 saturated carbocycles. The van der Waals surface area contributed by atoms with Crippen LogP contribution in [0.1, 0.15) is 39.0 Å². The van der Waals surface area contributed by atoms with Crippen LogP contribution in [-0.2, 0) is 4.74 Å². The fraction of sp³-hybridized carbons (Fsp3) is 0.609. The van der Waals surface area contributed by atoms with E-state index in [9.17, 15) is 5.11 Å². The van der Waals surface area contributed by atoms with Gasteiger partial charge in [0.15, 0.2) is 5.82 Å². The largest absolute Gasteiger partial charge is 0.394 e. The molecule has 2 aromatic rings. The number of hydrogen-bond donors (Lipinski definition) is 2. The highest BCUT2D eigenvalue weighted by atomic mass is 32.2. The molecule has 0 bridgehead atoms. The first-order valence-corrected chi connectivity index (χ1v) is 12.4. The maximum Gasteiger partial charge on any atom is 0.158 e. The van der Waals surface area contributed by atoms with Gasteiger partial charge in [0, 0.05) is 25.8 Å². The Labute approximate surface area is 193 Å². The fourth-order valence-electron chi connectivity index (χ4n) is 5.30. The Morgan fingerprint density at radius 2 is 2.12 bits per heavy atom. The number of piperidine rings is 1. The van der Waals surface area contributed by atoms with Gasteiger partial charge < -0.3 is 25.4 Å². The summed E-state index contributed by atoms with van der Waals surface area (Å²) in [6.07, 6.45) is 9.45. The van der Waals surface area contributed by atoms with E-state index in [-0.39, 0.29) is 12.6 Å². The molecule has 3 aliphatic heterocycles. The van der Waals surface area contributed by atoms with Crippen molar-refractivity contribution in [1.82, 2.24) is 15.0 Å². The lowest BCUT2D eigenvalue weighted by atomic mass is 9.77. The normalized spacial score (nSPS) is 25.1. The first-order valence-electron chi connectivity index (χ1n) is 11.6. The first kappa shape index (κ1) is 21.7. The van der Waals surface area contributed by atoms with Gasteiger partial charge in [-0.1, -0.05) is 11.8 Å². The summed E-state index contributed by atoms with van der Waals surface area (Å²) in [6, 6.07) is 4.07. The Hall–Kier alpha value is -2.10. The van der Waals surface area contributed by atoms with E-state index in [1.165, 1.54) is 11.8 Å². The second-order valence-corrected chi connectivity index (χ2v) is 10.4. The minimum absolute atomic E-state index is 0.116. The highest BCUT2D eigenvalue weighted by molar-refractivity contribution is 7.99. The smallest absolute Gasteiger partial charge is 0.158 e. The zero-order valence-corrected chi connectivity index (χ0v) is 19.4. The Kier molecular flexibility index (Phi) is 6.14. The molecule has 5 rings (SSSR count). The molecular weight excluding hydrogens is 424 g/mol. The van der Waals surface area contributed by atoms with Crippen LogP contribution in [0.4, 0.5) is 17.5 Å². The van der Waals surface area contributed by atoms with Crippen LogP contribution >= 0.6 is 11.8 Å². The van der Waals surface area contributed by atoms with Crippen molar-refractivity contribution in [2.24, 2.45) is 5.41 Å². The van der Waals surface area contributed by atoms with E-state index in [2.05, 4.69) is 26.7 Å². The topological polar surface area (TPSA) is 101 Å². The number of rotatable bonds is 5. The van der Waals surface area contributed by atoms with Crippen molar-refractivity contribution < 1.29 is 9.84 Å². The average Bonchev–Trinajstić information content (AvgIpc) is 3.42. The second kappa shape index (κ2) is 9.03. The average molecular weight is 457 g/mol. The van der Waals surface area contributed by atoms with Crippen LogP contribution in [0.3, 0.4) is 0 Å². The van der Waals surface area contributed by atoms with Crippen LogP contribution in [0.5, 0.6) is 0 Å². The molecule has 9 heteroatoms. The number of nitrogen functional groups attached to an aromatic ring is 1. The van der Waals surface area contributed by atoms with E-state index < -0.39 is 0 Å². The summed E-state index contributed by atoms with van der Waals surface area (Å²) in [6.45, 7) is 6.01. The second-order valence-electron chi connectivity index (χ2n) is 9.33. The van der Waals surface area contributed by atoms with Crippen LogP contribution < -0.4 is 15.5 Å². The molecule has 2 atom stereocenters. The van der Waals surface area contributed by atoms with Crippen molar-refractivity contribution in [2.45, 2.75) is 61.1 Å². The van der Waals surface area contributed by atoms with Crippen molar-refractivity contribution in [1.29, 1.82) is 0 Å². The number of pyridine rings is 1. The molecule has 3 saturated heterocycles. The number of nitrogens with two attached hydrogens (primary N) is 1. The third-order valence-corrected chi connectivity index (χ3v) is 8.16. The number of aliphatic hydroxyl groups is 1. The molecule has 1 unspecified atom stereocenters. The summed E-state index contributed by atoms with van der Waals surface area (Å²) in [5.41, 5.74) is 6.69. The number of aromatic nitrogens is 3. The van der Waals surface area contributed by atoms with Crippen LogP contribution in [-0.4, -0.2) is 65.1 Å². The van der Waals surface area contributed by atoms with Crippen molar-refractivity contribution in [3.63, 3.8) is 0 Å². The van der Waals surface area contributed by atoms with Gasteiger partial charge in [-0.15, -0.1) is 0 Å².